The van der Waals surface area contributed by atoms with Gasteiger partial charge in [0.1, 0.15) is 34.3 Å². The van der Waals surface area contributed by atoms with Crippen molar-refractivity contribution >= 4 is 82.1 Å². The lowest BCUT2D eigenvalue weighted by atomic mass is 9.83. The van der Waals surface area contributed by atoms with E-state index in [0.29, 0.717) is 22.9 Å². The summed E-state index contributed by atoms with van der Waals surface area (Å²) >= 11 is 0. The van der Waals surface area contributed by atoms with Gasteiger partial charge in [-0.3, -0.25) is 9.13 Å². The van der Waals surface area contributed by atoms with Crippen LogP contribution in [0.25, 0.3) is 127 Å². The fourth-order valence-electron chi connectivity index (χ4n) is 11.8. The van der Waals surface area contributed by atoms with Crippen LogP contribution in [0.3, 0.4) is 0 Å². The molecule has 14 aromatic rings. The first-order chi connectivity index (χ1) is 39.1. The van der Waals surface area contributed by atoms with Crippen LogP contribution >= 0.6 is 0 Å². The van der Waals surface area contributed by atoms with Crippen LogP contribution in [-0.4, -0.2) is 19.1 Å². The SMILES string of the molecule is CC(C)(C)c1ccnc(-n2c3ccccc3c3ccc(Oc4cc(-c5nc6ccccc6n5-c5ccc(-c6ccccc6)cc5C(C)(C)C)c5oc6c(ccc7c8ccc(-c9ccc(C(F)=C(F)F)cc9)cc8ccc76)c5c4)cc32)c1. The number of imidazole rings is 1. The average Bonchev–Trinajstić information content (AvgIpc) is 4.24. The molecule has 0 aliphatic heterocycles. The number of ether oxygens (including phenoxy) is 1. The Kier molecular flexibility index (Phi) is 11.4. The molecule has 0 radical (unpaired) electrons. The normalized spacial score (nSPS) is 12.3. The lowest BCUT2D eigenvalue weighted by molar-refractivity contribution is 0.410. The minimum Gasteiger partial charge on any atom is -0.457 e. The van der Waals surface area contributed by atoms with Crippen LogP contribution in [0, 0.1) is 0 Å². The number of aromatic nitrogens is 4. The highest BCUT2D eigenvalue weighted by Gasteiger charge is 2.28. The molecular formula is C72H53F3N4O2. The van der Waals surface area contributed by atoms with E-state index in [0.717, 1.165) is 116 Å². The lowest BCUT2D eigenvalue weighted by Crippen LogP contribution is -2.16. The predicted octanol–water partition coefficient (Wildman–Crippen LogP) is 20.6. The summed E-state index contributed by atoms with van der Waals surface area (Å²) in [6.07, 6.45) is -0.442. The zero-order valence-corrected chi connectivity index (χ0v) is 45.4. The van der Waals surface area contributed by atoms with Crippen LogP contribution in [0.1, 0.15) is 58.2 Å². The maximum absolute atomic E-state index is 14.1. The van der Waals surface area contributed by atoms with Gasteiger partial charge in [0.15, 0.2) is 5.83 Å². The topological polar surface area (TPSA) is 58.0 Å². The maximum atomic E-state index is 14.1. The number of benzene rings is 10. The summed E-state index contributed by atoms with van der Waals surface area (Å²) in [4.78, 5) is 10.4. The molecule has 0 saturated carbocycles. The lowest BCUT2D eigenvalue weighted by Gasteiger charge is -2.25. The van der Waals surface area contributed by atoms with Gasteiger partial charge in [0, 0.05) is 44.8 Å². The van der Waals surface area contributed by atoms with E-state index in [1.54, 1.807) is 12.1 Å². The summed E-state index contributed by atoms with van der Waals surface area (Å²) in [5.41, 5.74) is 12.7. The monoisotopic (exact) mass is 1060 g/mol. The van der Waals surface area contributed by atoms with Crippen molar-refractivity contribution in [1.82, 2.24) is 19.1 Å². The van der Waals surface area contributed by atoms with Crippen LogP contribution in [0.2, 0.25) is 0 Å². The molecule has 14 rings (SSSR count). The number of hydrogen-bond acceptors (Lipinski definition) is 4. The predicted molar refractivity (Wildman–Crippen MR) is 326 cm³/mol. The number of para-hydroxylation sites is 3. The van der Waals surface area contributed by atoms with Gasteiger partial charge in [0.25, 0.3) is 0 Å². The highest BCUT2D eigenvalue weighted by molar-refractivity contribution is 6.22. The number of fused-ring (bicyclic) bond motifs is 11. The van der Waals surface area contributed by atoms with Gasteiger partial charge in [0.2, 0.25) is 0 Å². The second-order valence-electron chi connectivity index (χ2n) is 23.0. The highest BCUT2D eigenvalue weighted by Crippen LogP contribution is 2.46. The van der Waals surface area contributed by atoms with E-state index in [9.17, 15) is 13.2 Å². The fraction of sp³-hybridized carbons (Fsp3) is 0.111. The minimum absolute atomic E-state index is 0.0793. The Bertz CT molecular complexity index is 4900. The van der Waals surface area contributed by atoms with Crippen LogP contribution in [0.4, 0.5) is 13.2 Å². The summed E-state index contributed by atoms with van der Waals surface area (Å²) in [7, 11) is 0. The standard InChI is InChI=1S/C72H53F3N4O2/c1-71(2,3)48-34-35-76-65(38-48)78-61-18-12-10-16-53(61)54-30-27-49(41-64(54)78)80-50-39-57-56-32-31-52-51-28-24-45(43-20-22-44(23-21-43)66(73)69(74)75)36-47(51)25-29-55(52)67(56)81-68(57)58(40-50)70-77-60-17-11-13-19-63(60)79(70)62-33-26-46(37-59(62)72(4,5)6)42-14-8-7-9-15-42/h7-41H,1-6H3. The molecule has 0 aliphatic rings. The Morgan fingerprint density at radius 3 is 1.91 bits per heavy atom. The van der Waals surface area contributed by atoms with E-state index in [1.807, 2.05) is 30.5 Å². The van der Waals surface area contributed by atoms with E-state index in [2.05, 4.69) is 208 Å². The van der Waals surface area contributed by atoms with Crippen molar-refractivity contribution in [3.05, 3.63) is 235 Å². The quantitative estimate of drug-likeness (QED) is 0.142. The third-order valence-corrected chi connectivity index (χ3v) is 15.8. The molecule has 394 valence electrons. The van der Waals surface area contributed by atoms with Crippen molar-refractivity contribution in [3.8, 4) is 56.6 Å². The van der Waals surface area contributed by atoms with Gasteiger partial charge in [-0.25, -0.2) is 14.4 Å². The highest BCUT2D eigenvalue weighted by atomic mass is 19.3. The zero-order chi connectivity index (χ0) is 55.5. The van der Waals surface area contributed by atoms with Crippen molar-refractivity contribution in [3.63, 3.8) is 0 Å². The molecular weight excluding hydrogens is 1010 g/mol. The van der Waals surface area contributed by atoms with Crippen molar-refractivity contribution in [2.24, 2.45) is 0 Å². The average molecular weight is 1060 g/mol. The summed E-state index contributed by atoms with van der Waals surface area (Å²) in [5.74, 6) is 1.28. The maximum Gasteiger partial charge on any atom is 0.306 e. The number of furan rings is 1. The second-order valence-corrected chi connectivity index (χ2v) is 23.0. The molecule has 0 unspecified atom stereocenters. The van der Waals surface area contributed by atoms with Gasteiger partial charge in [-0.15, -0.1) is 0 Å². The van der Waals surface area contributed by atoms with Gasteiger partial charge in [0.05, 0.1) is 33.3 Å². The molecule has 0 saturated heterocycles. The minimum atomic E-state index is -2.34. The third kappa shape index (κ3) is 8.42. The zero-order valence-electron chi connectivity index (χ0n) is 45.4. The molecule has 81 heavy (non-hydrogen) atoms. The third-order valence-electron chi connectivity index (χ3n) is 15.8. The Hall–Kier alpha value is -9.73. The van der Waals surface area contributed by atoms with E-state index in [1.165, 1.54) is 17.7 Å². The smallest absolute Gasteiger partial charge is 0.306 e. The Morgan fingerprint density at radius 1 is 0.469 bits per heavy atom. The molecule has 4 aromatic heterocycles. The molecule has 9 heteroatoms. The van der Waals surface area contributed by atoms with Crippen molar-refractivity contribution in [2.45, 2.75) is 52.4 Å². The van der Waals surface area contributed by atoms with Gasteiger partial charge in [-0.05, 0) is 145 Å². The summed E-state index contributed by atoms with van der Waals surface area (Å²) in [6, 6.07) is 69.3. The van der Waals surface area contributed by atoms with E-state index >= 15 is 0 Å². The van der Waals surface area contributed by atoms with Crippen LogP contribution in [0.15, 0.2) is 223 Å². The molecule has 0 amide bonds. The Morgan fingerprint density at radius 2 is 1.12 bits per heavy atom. The largest absolute Gasteiger partial charge is 0.457 e. The first-order valence-electron chi connectivity index (χ1n) is 27.2. The van der Waals surface area contributed by atoms with Gasteiger partial charge in [-0.1, -0.05) is 157 Å². The van der Waals surface area contributed by atoms with Gasteiger partial charge >= 0.3 is 6.08 Å². The van der Waals surface area contributed by atoms with Gasteiger partial charge in [-0.2, -0.15) is 8.78 Å². The first kappa shape index (κ1) is 49.6. The number of hydrogen-bond donors (Lipinski definition) is 0. The van der Waals surface area contributed by atoms with Crippen molar-refractivity contribution < 1.29 is 22.3 Å². The Balaban J connectivity index is 0.980. The van der Waals surface area contributed by atoms with Crippen molar-refractivity contribution in [1.29, 1.82) is 0 Å². The molecule has 0 fully saturated rings. The van der Waals surface area contributed by atoms with E-state index < -0.39 is 11.9 Å². The van der Waals surface area contributed by atoms with E-state index in [-0.39, 0.29) is 16.4 Å². The molecule has 10 aromatic carbocycles. The summed E-state index contributed by atoms with van der Waals surface area (Å²) in [6.45, 7) is 13.4. The van der Waals surface area contributed by atoms with E-state index in [4.69, 9.17) is 19.1 Å². The summed E-state index contributed by atoms with van der Waals surface area (Å²) < 4.78 is 59.2. The molecule has 6 nitrogen and oxygen atoms in total. The van der Waals surface area contributed by atoms with Gasteiger partial charge < -0.3 is 9.15 Å². The second kappa shape index (κ2) is 18.7. The molecule has 0 N–H and O–H groups in total. The number of halogens is 3. The molecule has 0 spiro atoms. The van der Waals surface area contributed by atoms with Crippen LogP contribution in [0.5, 0.6) is 11.5 Å². The number of pyridine rings is 1. The molecule has 4 heterocycles. The fourth-order valence-corrected chi connectivity index (χ4v) is 11.8. The number of nitrogens with zero attached hydrogens (tertiary/aromatic N) is 4. The summed E-state index contributed by atoms with van der Waals surface area (Å²) in [5, 5.41) is 7.91. The number of rotatable bonds is 8. The molecule has 0 atom stereocenters. The molecule has 0 bridgehead atoms. The molecule has 0 aliphatic carbocycles. The van der Waals surface area contributed by atoms with Crippen molar-refractivity contribution in [2.75, 3.05) is 0 Å². The first-order valence-corrected chi connectivity index (χ1v) is 27.2. The van der Waals surface area contributed by atoms with Crippen LogP contribution in [-0.2, 0) is 10.8 Å². The van der Waals surface area contributed by atoms with Crippen LogP contribution < -0.4 is 4.74 Å². The Labute approximate surface area is 465 Å².